The molecule has 1 saturated heterocycles. The fraction of sp³-hybridized carbons (Fsp3) is 0.385. The molecule has 0 aliphatic carbocycles. The SMILES string of the molecule is COc1ccc(N2CC(=O)NCC2CC(=O)O)cc1. The number of carboxylic acids is 1. The Bertz CT molecular complexity index is 472. The molecule has 1 aliphatic rings. The molecule has 0 saturated carbocycles. The van der Waals surface area contributed by atoms with E-state index in [0.717, 1.165) is 11.4 Å². The van der Waals surface area contributed by atoms with Crippen LogP contribution in [0.3, 0.4) is 0 Å². The molecule has 6 heteroatoms. The quantitative estimate of drug-likeness (QED) is 0.826. The smallest absolute Gasteiger partial charge is 0.305 e. The van der Waals surface area contributed by atoms with Crippen molar-refractivity contribution >= 4 is 17.6 Å². The summed E-state index contributed by atoms with van der Waals surface area (Å²) in [5.74, 6) is -0.253. The highest BCUT2D eigenvalue weighted by atomic mass is 16.5. The number of nitrogens with one attached hydrogen (secondary N) is 1. The number of benzene rings is 1. The van der Waals surface area contributed by atoms with Crippen LogP contribution in [0.1, 0.15) is 6.42 Å². The first-order valence-corrected chi connectivity index (χ1v) is 5.99. The summed E-state index contributed by atoms with van der Waals surface area (Å²) >= 11 is 0. The summed E-state index contributed by atoms with van der Waals surface area (Å²) in [4.78, 5) is 24.2. The zero-order valence-corrected chi connectivity index (χ0v) is 10.6. The second-order valence-electron chi connectivity index (χ2n) is 4.38. The lowest BCUT2D eigenvalue weighted by Crippen LogP contribution is -2.55. The summed E-state index contributed by atoms with van der Waals surface area (Å²) < 4.78 is 5.08. The maximum atomic E-state index is 11.5. The van der Waals surface area contributed by atoms with E-state index in [1.54, 1.807) is 19.2 Å². The predicted molar refractivity (Wildman–Crippen MR) is 69.4 cm³/mol. The molecule has 2 rings (SSSR count). The van der Waals surface area contributed by atoms with Crippen molar-refractivity contribution < 1.29 is 19.4 Å². The number of methoxy groups -OCH3 is 1. The van der Waals surface area contributed by atoms with Crippen molar-refractivity contribution in [3.8, 4) is 5.75 Å². The minimum Gasteiger partial charge on any atom is -0.497 e. The maximum Gasteiger partial charge on any atom is 0.305 e. The largest absolute Gasteiger partial charge is 0.497 e. The lowest BCUT2D eigenvalue weighted by molar-refractivity contribution is -0.138. The minimum absolute atomic E-state index is 0.00763. The molecular formula is C13H16N2O4. The Kier molecular flexibility index (Phi) is 3.89. The number of ether oxygens (including phenoxy) is 1. The van der Waals surface area contributed by atoms with Crippen molar-refractivity contribution in [2.45, 2.75) is 12.5 Å². The molecule has 1 unspecified atom stereocenters. The molecular weight excluding hydrogens is 248 g/mol. The van der Waals surface area contributed by atoms with Gasteiger partial charge in [-0.25, -0.2) is 0 Å². The number of piperazine rings is 1. The fourth-order valence-electron chi connectivity index (χ4n) is 2.14. The number of carbonyl (C=O) groups is 2. The van der Waals surface area contributed by atoms with Crippen LogP contribution in [0, 0.1) is 0 Å². The van der Waals surface area contributed by atoms with Crippen LogP contribution in [0.2, 0.25) is 0 Å². The van der Waals surface area contributed by atoms with Crippen LogP contribution in [-0.4, -0.2) is 43.2 Å². The molecule has 6 nitrogen and oxygen atoms in total. The third kappa shape index (κ3) is 3.15. The molecule has 102 valence electrons. The van der Waals surface area contributed by atoms with E-state index in [0.29, 0.717) is 6.54 Å². The van der Waals surface area contributed by atoms with Gasteiger partial charge in [0.15, 0.2) is 0 Å². The van der Waals surface area contributed by atoms with E-state index in [2.05, 4.69) is 5.32 Å². The lowest BCUT2D eigenvalue weighted by atomic mass is 10.1. The predicted octanol–water partition coefficient (Wildman–Crippen LogP) is 0.475. The van der Waals surface area contributed by atoms with Gasteiger partial charge < -0.3 is 20.1 Å². The number of hydrogen-bond acceptors (Lipinski definition) is 4. The van der Waals surface area contributed by atoms with Crippen molar-refractivity contribution in [1.82, 2.24) is 5.32 Å². The van der Waals surface area contributed by atoms with Gasteiger partial charge in [0, 0.05) is 12.2 Å². The number of anilines is 1. The monoisotopic (exact) mass is 264 g/mol. The molecule has 0 spiro atoms. The number of nitrogens with zero attached hydrogens (tertiary/aromatic N) is 1. The van der Waals surface area contributed by atoms with E-state index in [9.17, 15) is 9.59 Å². The molecule has 0 radical (unpaired) electrons. The van der Waals surface area contributed by atoms with Gasteiger partial charge in [0.05, 0.1) is 26.1 Å². The summed E-state index contributed by atoms with van der Waals surface area (Å²) in [7, 11) is 1.58. The second kappa shape index (κ2) is 5.60. The van der Waals surface area contributed by atoms with Crippen molar-refractivity contribution in [2.75, 3.05) is 25.1 Å². The van der Waals surface area contributed by atoms with Gasteiger partial charge in [-0.2, -0.15) is 0 Å². The van der Waals surface area contributed by atoms with E-state index in [-0.39, 0.29) is 24.9 Å². The Labute approximate surface area is 111 Å². The standard InChI is InChI=1S/C13H16N2O4/c1-19-11-4-2-9(3-5-11)15-8-12(16)14-7-10(15)6-13(17)18/h2-5,10H,6-8H2,1H3,(H,14,16)(H,17,18). The third-order valence-electron chi connectivity index (χ3n) is 3.10. The molecule has 1 heterocycles. The zero-order chi connectivity index (χ0) is 13.8. The van der Waals surface area contributed by atoms with Crippen LogP contribution in [0.15, 0.2) is 24.3 Å². The molecule has 0 aromatic heterocycles. The Morgan fingerprint density at radius 3 is 2.74 bits per heavy atom. The number of rotatable bonds is 4. The van der Waals surface area contributed by atoms with Crippen LogP contribution in [0.4, 0.5) is 5.69 Å². The molecule has 1 aromatic rings. The Balaban J connectivity index is 2.20. The summed E-state index contributed by atoms with van der Waals surface area (Å²) in [5.41, 5.74) is 0.821. The van der Waals surface area contributed by atoms with Crippen molar-refractivity contribution in [2.24, 2.45) is 0 Å². The zero-order valence-electron chi connectivity index (χ0n) is 10.6. The highest BCUT2D eigenvalue weighted by Crippen LogP contribution is 2.23. The minimum atomic E-state index is -0.875. The summed E-state index contributed by atoms with van der Waals surface area (Å²) in [6.45, 7) is 0.515. The van der Waals surface area contributed by atoms with Crippen molar-refractivity contribution in [3.63, 3.8) is 0 Å². The average Bonchev–Trinajstić information content (AvgIpc) is 2.40. The number of carbonyl (C=O) groups excluding carboxylic acids is 1. The van der Waals surface area contributed by atoms with Gasteiger partial charge >= 0.3 is 5.97 Å². The lowest BCUT2D eigenvalue weighted by Gasteiger charge is -2.36. The van der Waals surface area contributed by atoms with Gasteiger partial charge in [-0.3, -0.25) is 9.59 Å². The topological polar surface area (TPSA) is 78.9 Å². The molecule has 1 fully saturated rings. The second-order valence-corrected chi connectivity index (χ2v) is 4.38. The molecule has 2 N–H and O–H groups in total. The summed E-state index contributed by atoms with van der Waals surface area (Å²) in [6, 6.07) is 7.00. The van der Waals surface area contributed by atoms with Gasteiger partial charge in [0.1, 0.15) is 5.75 Å². The first kappa shape index (κ1) is 13.2. The molecule has 1 amide bonds. The molecule has 19 heavy (non-hydrogen) atoms. The van der Waals surface area contributed by atoms with E-state index in [4.69, 9.17) is 9.84 Å². The number of aliphatic carboxylic acids is 1. The number of hydrogen-bond donors (Lipinski definition) is 2. The van der Waals surface area contributed by atoms with Crippen LogP contribution in [0.5, 0.6) is 5.75 Å². The van der Waals surface area contributed by atoms with Crippen LogP contribution in [0.25, 0.3) is 0 Å². The first-order chi connectivity index (χ1) is 9.10. The maximum absolute atomic E-state index is 11.5. The third-order valence-corrected chi connectivity index (χ3v) is 3.10. The number of carboxylic acid groups (broad SMARTS) is 1. The van der Waals surface area contributed by atoms with Gasteiger partial charge in [-0.05, 0) is 24.3 Å². The van der Waals surface area contributed by atoms with Crippen LogP contribution >= 0.6 is 0 Å². The van der Waals surface area contributed by atoms with E-state index in [1.807, 2.05) is 17.0 Å². The Morgan fingerprint density at radius 1 is 1.47 bits per heavy atom. The normalized spacial score (nSPS) is 18.9. The van der Waals surface area contributed by atoms with E-state index >= 15 is 0 Å². The van der Waals surface area contributed by atoms with E-state index in [1.165, 1.54) is 0 Å². The van der Waals surface area contributed by atoms with Crippen LogP contribution < -0.4 is 15.0 Å². The highest BCUT2D eigenvalue weighted by Gasteiger charge is 2.28. The van der Waals surface area contributed by atoms with Crippen molar-refractivity contribution in [3.05, 3.63) is 24.3 Å². The van der Waals surface area contributed by atoms with E-state index < -0.39 is 5.97 Å². The molecule has 1 aromatic carbocycles. The van der Waals surface area contributed by atoms with Crippen molar-refractivity contribution in [1.29, 1.82) is 0 Å². The summed E-state index contributed by atoms with van der Waals surface area (Å²) in [5, 5.41) is 11.6. The average molecular weight is 264 g/mol. The molecule has 1 atom stereocenters. The Hall–Kier alpha value is -2.24. The van der Waals surface area contributed by atoms with Gasteiger partial charge in [-0.15, -0.1) is 0 Å². The van der Waals surface area contributed by atoms with Crippen LogP contribution in [-0.2, 0) is 9.59 Å². The Morgan fingerprint density at radius 2 is 2.16 bits per heavy atom. The summed E-state index contributed by atoms with van der Waals surface area (Å²) in [6.07, 6.45) is -0.00763. The fourth-order valence-corrected chi connectivity index (χ4v) is 2.14. The van der Waals surface area contributed by atoms with Gasteiger partial charge in [0.2, 0.25) is 5.91 Å². The van der Waals surface area contributed by atoms with Gasteiger partial charge in [0.25, 0.3) is 0 Å². The first-order valence-electron chi connectivity index (χ1n) is 5.99. The highest BCUT2D eigenvalue weighted by molar-refractivity contribution is 5.83. The molecule has 0 bridgehead atoms. The van der Waals surface area contributed by atoms with Gasteiger partial charge in [-0.1, -0.05) is 0 Å². The molecule has 1 aliphatic heterocycles. The number of amides is 1.